The summed E-state index contributed by atoms with van der Waals surface area (Å²) >= 11 is 0. The Morgan fingerprint density at radius 2 is 1.85 bits per heavy atom. The van der Waals surface area contributed by atoms with Crippen LogP contribution in [0, 0.1) is 0 Å². The van der Waals surface area contributed by atoms with E-state index in [0.717, 1.165) is 54.9 Å². The van der Waals surface area contributed by atoms with E-state index in [-0.39, 0.29) is 18.3 Å². The fraction of sp³-hybridized carbons (Fsp3) is 0.240. The molecular weight excluding hydrogens is 450 g/mol. The van der Waals surface area contributed by atoms with Gasteiger partial charge in [0.05, 0.1) is 5.39 Å². The van der Waals surface area contributed by atoms with Crippen LogP contribution in [0.3, 0.4) is 0 Å². The van der Waals surface area contributed by atoms with Crippen LogP contribution in [0.2, 0.25) is 0 Å². The molecule has 0 aliphatic carbocycles. The Morgan fingerprint density at radius 3 is 2.65 bits per heavy atom. The highest BCUT2D eigenvalue weighted by Crippen LogP contribution is 2.34. The third-order valence-electron chi connectivity index (χ3n) is 6.01. The van der Waals surface area contributed by atoms with Crippen LogP contribution in [0.4, 0.5) is 5.82 Å². The lowest BCUT2D eigenvalue weighted by molar-refractivity contribution is 0.0947. The van der Waals surface area contributed by atoms with Crippen LogP contribution in [0.5, 0.6) is 0 Å². The van der Waals surface area contributed by atoms with Gasteiger partial charge in [-0.05, 0) is 23.8 Å². The van der Waals surface area contributed by atoms with Gasteiger partial charge in [-0.15, -0.1) is 12.4 Å². The predicted molar refractivity (Wildman–Crippen MR) is 138 cm³/mol. The van der Waals surface area contributed by atoms with Gasteiger partial charge in [0.2, 0.25) is 0 Å². The first-order valence-corrected chi connectivity index (χ1v) is 11.2. The molecule has 9 heteroatoms. The molecule has 1 fully saturated rings. The van der Waals surface area contributed by atoms with Crippen LogP contribution in [-0.2, 0) is 0 Å². The number of piperazine rings is 1. The van der Waals surface area contributed by atoms with Crippen molar-refractivity contribution >= 4 is 35.2 Å². The Bertz CT molecular complexity index is 1270. The minimum Gasteiger partial charge on any atom is -0.383 e. The number of amides is 1. The third kappa shape index (κ3) is 4.89. The molecule has 1 saturated heterocycles. The van der Waals surface area contributed by atoms with Crippen molar-refractivity contribution < 1.29 is 4.79 Å². The average molecular weight is 478 g/mol. The second-order valence-electron chi connectivity index (χ2n) is 8.13. The molecule has 1 aliphatic rings. The maximum absolute atomic E-state index is 12.8. The fourth-order valence-corrected chi connectivity index (χ4v) is 4.28. The molecule has 1 aliphatic heterocycles. The second-order valence-corrected chi connectivity index (χ2v) is 8.13. The number of aromatic nitrogens is 3. The topological polar surface area (TPSA) is 101 Å². The number of hydrogen-bond acceptors (Lipinski definition) is 6. The van der Waals surface area contributed by atoms with Crippen molar-refractivity contribution in [1.82, 2.24) is 30.1 Å². The summed E-state index contributed by atoms with van der Waals surface area (Å²) in [5.74, 6) is 0.347. The van der Waals surface area contributed by atoms with E-state index >= 15 is 0 Å². The van der Waals surface area contributed by atoms with Gasteiger partial charge in [0.15, 0.2) is 5.65 Å². The Kier molecular flexibility index (Phi) is 7.42. The molecule has 0 bridgehead atoms. The lowest BCUT2D eigenvalue weighted by Gasteiger charge is -2.27. The van der Waals surface area contributed by atoms with E-state index in [1.54, 1.807) is 0 Å². The molecule has 4 N–H and O–H groups in total. The van der Waals surface area contributed by atoms with Crippen molar-refractivity contribution in [2.24, 2.45) is 0 Å². The summed E-state index contributed by atoms with van der Waals surface area (Å²) in [6, 6.07) is 17.6. The highest BCUT2D eigenvalue weighted by molar-refractivity contribution is 6.01. The number of carbonyl (C=O) groups excluding carboxylic acids is 1. The van der Waals surface area contributed by atoms with E-state index in [9.17, 15) is 4.79 Å². The van der Waals surface area contributed by atoms with Gasteiger partial charge in [0, 0.05) is 62.3 Å². The minimum absolute atomic E-state index is 0. The van der Waals surface area contributed by atoms with Crippen molar-refractivity contribution in [2.75, 3.05) is 45.0 Å². The highest BCUT2D eigenvalue weighted by Gasteiger charge is 2.17. The maximum atomic E-state index is 12.8. The lowest BCUT2D eigenvalue weighted by Crippen LogP contribution is -2.46. The van der Waals surface area contributed by atoms with Crippen LogP contribution >= 0.6 is 12.4 Å². The molecule has 34 heavy (non-hydrogen) atoms. The molecule has 0 radical (unpaired) electrons. The molecule has 0 saturated carbocycles. The van der Waals surface area contributed by atoms with Gasteiger partial charge in [-0.1, -0.05) is 36.4 Å². The summed E-state index contributed by atoms with van der Waals surface area (Å²) < 4.78 is 1.97. The third-order valence-corrected chi connectivity index (χ3v) is 6.01. The monoisotopic (exact) mass is 477 g/mol. The first-order chi connectivity index (χ1) is 16.2. The number of halogens is 1. The summed E-state index contributed by atoms with van der Waals surface area (Å²) in [5.41, 5.74) is 10.4. The summed E-state index contributed by atoms with van der Waals surface area (Å²) in [4.78, 5) is 23.9. The van der Waals surface area contributed by atoms with E-state index < -0.39 is 0 Å². The Balaban J connectivity index is 0.00000274. The average Bonchev–Trinajstić information content (AvgIpc) is 3.26. The molecule has 2 aromatic heterocycles. The first-order valence-electron chi connectivity index (χ1n) is 11.2. The molecule has 1 amide bonds. The van der Waals surface area contributed by atoms with Crippen molar-refractivity contribution in [3.05, 3.63) is 72.7 Å². The van der Waals surface area contributed by atoms with Crippen LogP contribution in [0.15, 0.2) is 67.1 Å². The zero-order valence-electron chi connectivity index (χ0n) is 18.8. The summed E-state index contributed by atoms with van der Waals surface area (Å²) in [7, 11) is 0. The minimum atomic E-state index is -0.0825. The van der Waals surface area contributed by atoms with E-state index in [1.165, 1.54) is 6.33 Å². The number of anilines is 1. The molecular formula is C25H28ClN7O. The second kappa shape index (κ2) is 10.6. The largest absolute Gasteiger partial charge is 0.383 e. The van der Waals surface area contributed by atoms with Crippen LogP contribution in [0.25, 0.3) is 27.8 Å². The first kappa shape index (κ1) is 23.7. The molecule has 176 valence electrons. The van der Waals surface area contributed by atoms with E-state index in [1.807, 2.05) is 65.4 Å². The molecule has 0 atom stereocenters. The zero-order valence-corrected chi connectivity index (χ0v) is 19.6. The van der Waals surface area contributed by atoms with Gasteiger partial charge >= 0.3 is 0 Å². The Morgan fingerprint density at radius 1 is 1.06 bits per heavy atom. The number of carbonyl (C=O) groups is 1. The molecule has 2 aromatic carbocycles. The van der Waals surface area contributed by atoms with Crippen molar-refractivity contribution in [1.29, 1.82) is 0 Å². The smallest absolute Gasteiger partial charge is 0.251 e. The number of nitrogen functional groups attached to an aromatic ring is 1. The predicted octanol–water partition coefficient (Wildman–Crippen LogP) is 2.73. The van der Waals surface area contributed by atoms with Gasteiger partial charge in [-0.25, -0.2) is 9.97 Å². The van der Waals surface area contributed by atoms with E-state index in [2.05, 4.69) is 25.5 Å². The highest BCUT2D eigenvalue weighted by atomic mass is 35.5. The molecule has 8 nitrogen and oxygen atoms in total. The van der Waals surface area contributed by atoms with Crippen LogP contribution < -0.4 is 16.4 Å². The van der Waals surface area contributed by atoms with E-state index in [4.69, 9.17) is 5.73 Å². The Hall–Kier alpha value is -3.46. The van der Waals surface area contributed by atoms with Gasteiger partial charge < -0.3 is 20.9 Å². The Labute approximate surface area is 204 Å². The van der Waals surface area contributed by atoms with Crippen molar-refractivity contribution in [3.63, 3.8) is 0 Å². The van der Waals surface area contributed by atoms with Crippen molar-refractivity contribution in [2.45, 2.75) is 0 Å². The van der Waals surface area contributed by atoms with Gasteiger partial charge in [-0.3, -0.25) is 9.69 Å². The van der Waals surface area contributed by atoms with Gasteiger partial charge in [-0.2, -0.15) is 0 Å². The number of rotatable bonds is 6. The number of benzene rings is 2. The standard InChI is InChI=1S/C25H27N7O.ClH/c26-23-22-21(18-5-2-1-3-6-18)16-32(24(22)30-17-29-23)20-8-4-7-19(15-20)25(33)28-11-14-31-12-9-27-10-13-31;/h1-8,15-17,27H,9-14H2,(H,28,33)(H2,26,29,30);1H. The molecule has 0 spiro atoms. The molecule has 4 aromatic rings. The number of nitrogens with two attached hydrogens (primary N) is 1. The van der Waals surface area contributed by atoms with Crippen LogP contribution in [0.1, 0.15) is 10.4 Å². The number of hydrogen-bond donors (Lipinski definition) is 3. The normalized spacial score (nSPS) is 14.0. The summed E-state index contributed by atoms with van der Waals surface area (Å²) in [6.07, 6.45) is 3.47. The molecule has 3 heterocycles. The van der Waals surface area contributed by atoms with Gasteiger partial charge in [0.1, 0.15) is 12.1 Å². The SMILES string of the molecule is Cl.Nc1ncnc2c1c(-c1ccccc1)cn2-c1cccc(C(=O)NCCN2CCNCC2)c1. The lowest BCUT2D eigenvalue weighted by atomic mass is 10.1. The number of nitrogens with zero attached hydrogens (tertiary/aromatic N) is 4. The van der Waals surface area contributed by atoms with Crippen LogP contribution in [-0.4, -0.2) is 64.6 Å². The number of nitrogens with one attached hydrogen (secondary N) is 2. The van der Waals surface area contributed by atoms with Crippen molar-refractivity contribution in [3.8, 4) is 16.8 Å². The van der Waals surface area contributed by atoms with Gasteiger partial charge in [0.25, 0.3) is 5.91 Å². The summed E-state index contributed by atoms with van der Waals surface area (Å²) in [5, 5.41) is 7.19. The number of fused-ring (bicyclic) bond motifs is 1. The molecule has 5 rings (SSSR count). The summed E-state index contributed by atoms with van der Waals surface area (Å²) in [6.45, 7) is 5.50. The van der Waals surface area contributed by atoms with E-state index in [0.29, 0.717) is 23.6 Å². The molecule has 0 unspecified atom stereocenters. The quantitative estimate of drug-likeness (QED) is 0.395. The fourth-order valence-electron chi connectivity index (χ4n) is 4.28. The maximum Gasteiger partial charge on any atom is 0.251 e. The zero-order chi connectivity index (χ0) is 22.6.